The lowest BCUT2D eigenvalue weighted by molar-refractivity contribution is -0.122. The van der Waals surface area contributed by atoms with Crippen LogP contribution < -0.4 is 21.0 Å². The summed E-state index contributed by atoms with van der Waals surface area (Å²) in [5, 5.41) is 3.98. The lowest BCUT2D eigenvalue weighted by atomic mass is 10.0. The van der Waals surface area contributed by atoms with E-state index in [1.54, 1.807) is 6.20 Å². The molecule has 2 aromatic carbocycles. The summed E-state index contributed by atoms with van der Waals surface area (Å²) in [5.41, 5.74) is 11.6. The third kappa shape index (κ3) is 5.28. The molecule has 0 spiro atoms. The number of hydrazine groups is 1. The van der Waals surface area contributed by atoms with Gasteiger partial charge in [0.2, 0.25) is 0 Å². The van der Waals surface area contributed by atoms with Crippen molar-refractivity contribution in [3.63, 3.8) is 0 Å². The van der Waals surface area contributed by atoms with Crippen molar-refractivity contribution < 1.29 is 9.53 Å². The highest BCUT2D eigenvalue weighted by atomic mass is 16.5. The zero-order valence-electron chi connectivity index (χ0n) is 16.4. The molecule has 7 heteroatoms. The van der Waals surface area contributed by atoms with Crippen LogP contribution in [0.3, 0.4) is 0 Å². The van der Waals surface area contributed by atoms with E-state index in [2.05, 4.69) is 26.4 Å². The fourth-order valence-corrected chi connectivity index (χ4v) is 3.20. The molecule has 2 heterocycles. The zero-order valence-corrected chi connectivity index (χ0v) is 16.4. The van der Waals surface area contributed by atoms with Gasteiger partial charge < -0.3 is 4.74 Å². The number of carbonyl (C=O) groups excluding carboxylic acids is 1. The van der Waals surface area contributed by atoms with Crippen molar-refractivity contribution in [3.05, 3.63) is 95.8 Å². The number of benzene rings is 2. The topological polar surface area (TPSA) is 87.6 Å². The molecule has 4 rings (SSSR count). The van der Waals surface area contributed by atoms with E-state index >= 15 is 0 Å². The van der Waals surface area contributed by atoms with Crippen LogP contribution in [0.25, 0.3) is 0 Å². The van der Waals surface area contributed by atoms with E-state index in [1.807, 2.05) is 72.8 Å². The fourth-order valence-electron chi connectivity index (χ4n) is 3.20. The normalized spacial score (nSPS) is 18.4. The van der Waals surface area contributed by atoms with Crippen molar-refractivity contribution in [2.45, 2.75) is 25.1 Å². The predicted octanol–water partition coefficient (Wildman–Crippen LogP) is 2.72. The third-order valence-electron chi connectivity index (χ3n) is 4.79. The molecule has 2 unspecified atom stereocenters. The molecule has 3 N–H and O–H groups in total. The number of amides is 1. The summed E-state index contributed by atoms with van der Waals surface area (Å²) in [6, 6.07) is 23.1. The molecule has 0 saturated carbocycles. The lowest BCUT2D eigenvalue weighted by Crippen LogP contribution is -2.41. The first kappa shape index (κ1) is 19.8. The Balaban J connectivity index is 1.30. The Morgan fingerprint density at radius 1 is 1.10 bits per heavy atom. The number of aromatic nitrogens is 1. The number of hydrogen-bond donors (Lipinski definition) is 3. The molecule has 0 radical (unpaired) electrons. The molecular formula is C23H23N5O2. The van der Waals surface area contributed by atoms with Gasteiger partial charge in [0, 0.05) is 12.2 Å². The van der Waals surface area contributed by atoms with Gasteiger partial charge in [-0.1, -0.05) is 48.5 Å². The third-order valence-corrected chi connectivity index (χ3v) is 4.79. The molecule has 152 valence electrons. The molecule has 1 fully saturated rings. The number of carbonyl (C=O) groups is 1. The highest BCUT2D eigenvalue weighted by Crippen LogP contribution is 2.26. The molecule has 3 aromatic rings. The van der Waals surface area contributed by atoms with Gasteiger partial charge in [-0.25, -0.2) is 16.3 Å². The molecule has 1 aliphatic rings. The minimum atomic E-state index is -0.384. The van der Waals surface area contributed by atoms with Crippen molar-refractivity contribution >= 4 is 12.1 Å². The summed E-state index contributed by atoms with van der Waals surface area (Å²) in [5.74, 6) is 0.597. The smallest absolute Gasteiger partial charge is 0.258 e. The van der Waals surface area contributed by atoms with E-state index in [1.165, 1.54) is 6.21 Å². The van der Waals surface area contributed by atoms with Gasteiger partial charge in [0.25, 0.3) is 5.91 Å². The van der Waals surface area contributed by atoms with Crippen molar-refractivity contribution in [1.29, 1.82) is 0 Å². The van der Waals surface area contributed by atoms with Crippen molar-refractivity contribution in [2.75, 3.05) is 0 Å². The Kier molecular flexibility index (Phi) is 6.44. The Bertz CT molecular complexity index is 995. The summed E-state index contributed by atoms with van der Waals surface area (Å²) < 4.78 is 5.91. The average Bonchev–Trinajstić information content (AvgIpc) is 3.30. The molecule has 1 amide bonds. The van der Waals surface area contributed by atoms with Crippen LogP contribution in [0.1, 0.15) is 29.3 Å². The predicted molar refractivity (Wildman–Crippen MR) is 115 cm³/mol. The van der Waals surface area contributed by atoms with Gasteiger partial charge in [-0.05, 0) is 41.8 Å². The summed E-state index contributed by atoms with van der Waals surface area (Å²) in [6.45, 7) is 0.514. The summed E-state index contributed by atoms with van der Waals surface area (Å²) in [4.78, 5) is 16.5. The largest absolute Gasteiger partial charge is 0.489 e. The average molecular weight is 401 g/mol. The lowest BCUT2D eigenvalue weighted by Gasteiger charge is -2.12. The van der Waals surface area contributed by atoms with Gasteiger partial charge in [0.05, 0.1) is 11.9 Å². The number of rotatable bonds is 7. The van der Waals surface area contributed by atoms with Crippen LogP contribution in [-0.4, -0.2) is 23.1 Å². The molecule has 1 aliphatic heterocycles. The van der Waals surface area contributed by atoms with Crippen molar-refractivity contribution in [2.24, 2.45) is 5.10 Å². The molecular weight excluding hydrogens is 378 g/mol. The van der Waals surface area contributed by atoms with Gasteiger partial charge in [-0.2, -0.15) is 5.10 Å². The maximum atomic E-state index is 12.4. The van der Waals surface area contributed by atoms with Gasteiger partial charge in [-0.15, -0.1) is 0 Å². The van der Waals surface area contributed by atoms with Gasteiger partial charge in [-0.3, -0.25) is 9.78 Å². The second-order valence-electron chi connectivity index (χ2n) is 6.97. The van der Waals surface area contributed by atoms with Crippen LogP contribution in [0, 0.1) is 0 Å². The van der Waals surface area contributed by atoms with E-state index in [4.69, 9.17) is 4.74 Å². The molecule has 1 aromatic heterocycles. The van der Waals surface area contributed by atoms with Crippen LogP contribution in [0.15, 0.2) is 84.1 Å². The van der Waals surface area contributed by atoms with E-state index in [-0.39, 0.29) is 18.0 Å². The fraction of sp³-hybridized carbons (Fsp3) is 0.174. The maximum Gasteiger partial charge on any atom is 0.258 e. The first-order chi connectivity index (χ1) is 14.8. The first-order valence-electron chi connectivity index (χ1n) is 9.79. The van der Waals surface area contributed by atoms with Crippen LogP contribution in [-0.2, 0) is 11.4 Å². The Morgan fingerprint density at radius 2 is 1.97 bits per heavy atom. The van der Waals surface area contributed by atoms with E-state index in [0.717, 1.165) is 16.9 Å². The second kappa shape index (κ2) is 9.78. The summed E-state index contributed by atoms with van der Waals surface area (Å²) in [6.07, 6.45) is 3.80. The monoisotopic (exact) mass is 401 g/mol. The van der Waals surface area contributed by atoms with Crippen LogP contribution in [0.5, 0.6) is 5.75 Å². The SMILES string of the molecule is O=C(N/N=C/c1ccccn1)C1CC(c2cccc(OCc3ccccc3)c2)NN1. The first-order valence-corrected chi connectivity index (χ1v) is 9.79. The van der Waals surface area contributed by atoms with Crippen LogP contribution in [0.2, 0.25) is 0 Å². The highest BCUT2D eigenvalue weighted by Gasteiger charge is 2.30. The van der Waals surface area contributed by atoms with Crippen molar-refractivity contribution in [1.82, 2.24) is 21.3 Å². The Labute approximate surface area is 175 Å². The Morgan fingerprint density at radius 3 is 2.80 bits per heavy atom. The van der Waals surface area contributed by atoms with E-state index in [0.29, 0.717) is 18.7 Å². The van der Waals surface area contributed by atoms with Gasteiger partial charge >= 0.3 is 0 Å². The minimum Gasteiger partial charge on any atom is -0.489 e. The van der Waals surface area contributed by atoms with Gasteiger partial charge in [0.1, 0.15) is 18.4 Å². The second-order valence-corrected chi connectivity index (χ2v) is 6.97. The Hall–Kier alpha value is -3.55. The van der Waals surface area contributed by atoms with Crippen LogP contribution >= 0.6 is 0 Å². The van der Waals surface area contributed by atoms with E-state index in [9.17, 15) is 4.79 Å². The quantitative estimate of drug-likeness (QED) is 0.419. The number of nitrogens with one attached hydrogen (secondary N) is 3. The zero-order chi connectivity index (χ0) is 20.6. The molecule has 0 bridgehead atoms. The summed E-state index contributed by atoms with van der Waals surface area (Å²) in [7, 11) is 0. The van der Waals surface area contributed by atoms with Gasteiger partial charge in [0.15, 0.2) is 0 Å². The number of hydrazone groups is 1. The molecule has 7 nitrogen and oxygen atoms in total. The molecule has 30 heavy (non-hydrogen) atoms. The number of nitrogens with zero attached hydrogens (tertiary/aromatic N) is 2. The maximum absolute atomic E-state index is 12.4. The molecule has 1 saturated heterocycles. The minimum absolute atomic E-state index is 0.000736. The molecule has 2 atom stereocenters. The number of hydrogen-bond acceptors (Lipinski definition) is 6. The highest BCUT2D eigenvalue weighted by molar-refractivity contribution is 5.84. The van der Waals surface area contributed by atoms with Crippen molar-refractivity contribution in [3.8, 4) is 5.75 Å². The standard InChI is InChI=1S/C23H23N5O2/c29-23(28-25-15-19-10-4-5-12-24-19)22-14-21(26-27-22)18-9-6-11-20(13-18)30-16-17-7-2-1-3-8-17/h1-13,15,21-22,26-27H,14,16H2,(H,28,29)/b25-15+. The van der Waals surface area contributed by atoms with Crippen LogP contribution in [0.4, 0.5) is 0 Å². The summed E-state index contributed by atoms with van der Waals surface area (Å²) >= 11 is 0. The number of pyridine rings is 1. The van der Waals surface area contributed by atoms with E-state index < -0.39 is 0 Å². The molecule has 0 aliphatic carbocycles. The number of ether oxygens (including phenoxy) is 1.